The van der Waals surface area contributed by atoms with Gasteiger partial charge in [0.05, 0.1) is 6.04 Å². The minimum Gasteiger partial charge on any atom is -0.478 e. The molecule has 0 unspecified atom stereocenters. The average molecular weight is 396 g/mol. The topological polar surface area (TPSA) is 42.2 Å². The fourth-order valence-electron chi connectivity index (χ4n) is 3.91. The molecular weight excluding hydrogens is 370 g/mol. The maximum absolute atomic E-state index is 11.0. The number of aryl methyl sites for hydroxylation is 2. The molecule has 0 aliphatic rings. The zero-order chi connectivity index (χ0) is 21.3. The first kappa shape index (κ1) is 19.7. The van der Waals surface area contributed by atoms with Crippen molar-refractivity contribution in [3.8, 4) is 0 Å². The Kier molecular flexibility index (Phi) is 5.28. The first-order chi connectivity index (χ1) is 14.4. The molecule has 0 bridgehead atoms. The Bertz CT molecular complexity index is 1180. The van der Waals surface area contributed by atoms with Gasteiger partial charge in [0, 0.05) is 23.2 Å². The van der Waals surface area contributed by atoms with Crippen molar-refractivity contribution in [3.63, 3.8) is 0 Å². The molecule has 4 rings (SSSR count). The third kappa shape index (κ3) is 3.92. The van der Waals surface area contributed by atoms with Crippen LogP contribution in [-0.4, -0.2) is 15.6 Å². The van der Waals surface area contributed by atoms with E-state index in [0.29, 0.717) is 0 Å². The lowest BCUT2D eigenvalue weighted by atomic mass is 9.96. The number of carbonyl (C=O) groups is 1. The number of carboxylic acid groups (broad SMARTS) is 1. The predicted molar refractivity (Wildman–Crippen MR) is 123 cm³/mol. The second-order valence-corrected chi connectivity index (χ2v) is 7.89. The predicted octanol–water partition coefficient (Wildman–Crippen LogP) is 6.38. The number of allylic oxidation sites excluding steroid dienone is 1. The van der Waals surface area contributed by atoms with Crippen LogP contribution in [0.5, 0.6) is 0 Å². The van der Waals surface area contributed by atoms with E-state index in [1.165, 1.54) is 28.3 Å². The van der Waals surface area contributed by atoms with Gasteiger partial charge in [-0.3, -0.25) is 0 Å². The van der Waals surface area contributed by atoms with Crippen molar-refractivity contribution in [2.24, 2.45) is 0 Å². The van der Waals surface area contributed by atoms with Gasteiger partial charge in [-0.15, -0.1) is 0 Å². The Labute approximate surface area is 176 Å². The summed E-state index contributed by atoms with van der Waals surface area (Å²) < 4.78 is 2.30. The van der Waals surface area contributed by atoms with Gasteiger partial charge in [0.15, 0.2) is 0 Å². The summed E-state index contributed by atoms with van der Waals surface area (Å²) in [5.41, 5.74) is 7.72. The number of carboxylic acids is 1. The molecule has 3 heteroatoms. The first-order valence-corrected chi connectivity index (χ1v) is 10.1. The minimum absolute atomic E-state index is 0.0604. The van der Waals surface area contributed by atoms with Gasteiger partial charge in [0.2, 0.25) is 0 Å². The van der Waals surface area contributed by atoms with Gasteiger partial charge in [0.25, 0.3) is 0 Å². The molecule has 0 aliphatic carbocycles. The van der Waals surface area contributed by atoms with Crippen LogP contribution in [0.3, 0.4) is 0 Å². The molecule has 0 amide bonds. The van der Waals surface area contributed by atoms with Crippen molar-refractivity contribution in [1.29, 1.82) is 0 Å². The van der Waals surface area contributed by atoms with Gasteiger partial charge in [-0.05, 0) is 61.2 Å². The molecule has 1 heterocycles. The highest BCUT2D eigenvalue weighted by atomic mass is 16.4. The number of hydrogen-bond donors (Lipinski definition) is 1. The SMILES string of the molecule is CC(=CC(=O)O)c1ccc2c(ccn2C(c2ccc(C)cc2)c2ccc(C)cc2)c1. The third-order valence-electron chi connectivity index (χ3n) is 5.58. The van der Waals surface area contributed by atoms with E-state index < -0.39 is 5.97 Å². The number of aliphatic carboxylic acids is 1. The van der Waals surface area contributed by atoms with E-state index in [1.54, 1.807) is 0 Å². The molecule has 4 aromatic rings. The molecule has 30 heavy (non-hydrogen) atoms. The molecule has 0 atom stereocenters. The summed E-state index contributed by atoms with van der Waals surface area (Å²) in [5.74, 6) is -0.927. The average Bonchev–Trinajstić information content (AvgIpc) is 3.13. The van der Waals surface area contributed by atoms with Crippen molar-refractivity contribution >= 4 is 22.4 Å². The lowest BCUT2D eigenvalue weighted by molar-refractivity contribution is -0.131. The quantitative estimate of drug-likeness (QED) is 0.398. The number of hydrogen-bond acceptors (Lipinski definition) is 1. The maximum Gasteiger partial charge on any atom is 0.328 e. The van der Waals surface area contributed by atoms with Crippen LogP contribution in [0.4, 0.5) is 0 Å². The van der Waals surface area contributed by atoms with E-state index >= 15 is 0 Å². The Balaban J connectivity index is 1.85. The summed E-state index contributed by atoms with van der Waals surface area (Å²) in [5, 5.41) is 10.1. The smallest absolute Gasteiger partial charge is 0.328 e. The first-order valence-electron chi connectivity index (χ1n) is 10.1. The summed E-state index contributed by atoms with van der Waals surface area (Å²) in [6.07, 6.45) is 3.37. The van der Waals surface area contributed by atoms with E-state index in [2.05, 4.69) is 91.3 Å². The normalized spacial score (nSPS) is 11.9. The van der Waals surface area contributed by atoms with Gasteiger partial charge in [-0.1, -0.05) is 65.7 Å². The van der Waals surface area contributed by atoms with Crippen molar-refractivity contribution in [2.75, 3.05) is 0 Å². The van der Waals surface area contributed by atoms with E-state index in [4.69, 9.17) is 5.11 Å². The second kappa shape index (κ2) is 8.03. The molecular formula is C27H25NO2. The van der Waals surface area contributed by atoms with Gasteiger partial charge < -0.3 is 9.67 Å². The lowest BCUT2D eigenvalue weighted by Crippen LogP contribution is -2.11. The zero-order valence-electron chi connectivity index (χ0n) is 17.5. The molecule has 150 valence electrons. The Hall–Kier alpha value is -3.59. The summed E-state index contributed by atoms with van der Waals surface area (Å²) in [6, 6.07) is 25.7. The van der Waals surface area contributed by atoms with Crippen LogP contribution >= 0.6 is 0 Å². The lowest BCUT2D eigenvalue weighted by Gasteiger charge is -2.22. The second-order valence-electron chi connectivity index (χ2n) is 7.89. The standard InChI is InChI=1S/C27H25NO2/c1-18-4-8-21(9-5-18)27(22-10-6-19(2)7-11-22)28-15-14-24-17-23(12-13-25(24)28)20(3)16-26(29)30/h4-17,27H,1-3H3,(H,29,30). The molecule has 3 nitrogen and oxygen atoms in total. The van der Waals surface area contributed by atoms with Crippen molar-refractivity contribution in [1.82, 2.24) is 4.57 Å². The Morgan fingerprint density at radius 2 is 1.43 bits per heavy atom. The molecule has 3 aromatic carbocycles. The molecule has 1 N–H and O–H groups in total. The number of nitrogens with zero attached hydrogens (tertiary/aromatic N) is 1. The van der Waals surface area contributed by atoms with Crippen LogP contribution < -0.4 is 0 Å². The monoisotopic (exact) mass is 395 g/mol. The van der Waals surface area contributed by atoms with E-state index in [-0.39, 0.29) is 6.04 Å². The van der Waals surface area contributed by atoms with Gasteiger partial charge in [-0.25, -0.2) is 4.79 Å². The van der Waals surface area contributed by atoms with E-state index in [0.717, 1.165) is 22.0 Å². The summed E-state index contributed by atoms with van der Waals surface area (Å²) in [7, 11) is 0. The molecule has 0 aliphatic heterocycles. The van der Waals surface area contributed by atoms with E-state index in [1.807, 2.05) is 13.0 Å². The molecule has 0 radical (unpaired) electrons. The number of fused-ring (bicyclic) bond motifs is 1. The highest BCUT2D eigenvalue weighted by Crippen LogP contribution is 2.32. The maximum atomic E-state index is 11.0. The Morgan fingerprint density at radius 3 is 1.97 bits per heavy atom. The highest BCUT2D eigenvalue weighted by Gasteiger charge is 2.18. The molecule has 0 fully saturated rings. The minimum atomic E-state index is -0.927. The van der Waals surface area contributed by atoms with Crippen LogP contribution in [0.2, 0.25) is 0 Å². The molecule has 1 aromatic heterocycles. The van der Waals surface area contributed by atoms with Crippen molar-refractivity contribution in [2.45, 2.75) is 26.8 Å². The largest absolute Gasteiger partial charge is 0.478 e. The van der Waals surface area contributed by atoms with Gasteiger partial charge >= 0.3 is 5.97 Å². The zero-order valence-corrected chi connectivity index (χ0v) is 17.5. The fourth-order valence-corrected chi connectivity index (χ4v) is 3.91. The highest BCUT2D eigenvalue weighted by molar-refractivity contribution is 5.92. The van der Waals surface area contributed by atoms with Crippen LogP contribution in [0.1, 0.15) is 40.8 Å². The van der Waals surface area contributed by atoms with Gasteiger partial charge in [-0.2, -0.15) is 0 Å². The van der Waals surface area contributed by atoms with Crippen LogP contribution in [0.15, 0.2) is 85.1 Å². The van der Waals surface area contributed by atoms with Crippen LogP contribution in [0, 0.1) is 13.8 Å². The number of rotatable bonds is 5. The summed E-state index contributed by atoms with van der Waals surface area (Å²) in [6.45, 7) is 6.03. The third-order valence-corrected chi connectivity index (χ3v) is 5.58. The number of benzene rings is 3. The van der Waals surface area contributed by atoms with Crippen molar-refractivity contribution < 1.29 is 9.90 Å². The molecule has 0 spiro atoms. The van der Waals surface area contributed by atoms with Gasteiger partial charge in [0.1, 0.15) is 0 Å². The van der Waals surface area contributed by atoms with Crippen molar-refractivity contribution in [3.05, 3.63) is 113 Å². The van der Waals surface area contributed by atoms with E-state index in [9.17, 15) is 4.79 Å². The number of aromatic nitrogens is 1. The summed E-state index contributed by atoms with van der Waals surface area (Å²) >= 11 is 0. The Morgan fingerprint density at radius 1 is 0.867 bits per heavy atom. The molecule has 0 saturated heterocycles. The summed E-state index contributed by atoms with van der Waals surface area (Å²) in [4.78, 5) is 11.0. The van der Waals surface area contributed by atoms with Crippen LogP contribution in [-0.2, 0) is 4.79 Å². The fraction of sp³-hybridized carbons (Fsp3) is 0.148. The van der Waals surface area contributed by atoms with Crippen LogP contribution in [0.25, 0.3) is 16.5 Å². The molecule has 0 saturated carbocycles.